The molecule has 1 aromatic rings. The molecule has 98 valence electrons. The maximum atomic E-state index is 11.4. The molecular formula is C16H22OS. The first-order valence-corrected chi connectivity index (χ1v) is 7.62. The van der Waals surface area contributed by atoms with Gasteiger partial charge in [0, 0.05) is 23.0 Å². The van der Waals surface area contributed by atoms with Crippen molar-refractivity contribution in [3.05, 3.63) is 29.8 Å². The van der Waals surface area contributed by atoms with Crippen LogP contribution in [0.2, 0.25) is 0 Å². The van der Waals surface area contributed by atoms with Crippen LogP contribution in [0.1, 0.15) is 52.0 Å². The highest BCUT2D eigenvalue weighted by Gasteiger charge is 2.20. The molecule has 0 spiro atoms. The van der Waals surface area contributed by atoms with Crippen molar-refractivity contribution >= 4 is 17.5 Å². The summed E-state index contributed by atoms with van der Waals surface area (Å²) in [7, 11) is 0. The second-order valence-corrected chi connectivity index (χ2v) is 7.52. The number of rotatable bonds is 2. The van der Waals surface area contributed by atoms with E-state index in [2.05, 4.69) is 45.0 Å². The van der Waals surface area contributed by atoms with Crippen LogP contribution in [0.25, 0.3) is 0 Å². The molecule has 1 fully saturated rings. The number of hydrogen-bond acceptors (Lipinski definition) is 2. The minimum absolute atomic E-state index is 0.212. The lowest BCUT2D eigenvalue weighted by atomic mass is 9.87. The van der Waals surface area contributed by atoms with Gasteiger partial charge in [-0.2, -0.15) is 0 Å². The van der Waals surface area contributed by atoms with Crippen LogP contribution in [-0.2, 0) is 10.2 Å². The van der Waals surface area contributed by atoms with E-state index in [1.165, 1.54) is 16.9 Å². The lowest BCUT2D eigenvalue weighted by Crippen LogP contribution is -2.16. The van der Waals surface area contributed by atoms with Crippen molar-refractivity contribution in [3.8, 4) is 0 Å². The monoisotopic (exact) mass is 262 g/mol. The van der Waals surface area contributed by atoms with Gasteiger partial charge in [-0.1, -0.05) is 32.9 Å². The maximum Gasteiger partial charge on any atom is 0.134 e. The summed E-state index contributed by atoms with van der Waals surface area (Å²) in [5, 5.41) is 0.492. The highest BCUT2D eigenvalue weighted by molar-refractivity contribution is 8.00. The summed E-state index contributed by atoms with van der Waals surface area (Å²) in [6, 6.07) is 8.83. The van der Waals surface area contributed by atoms with Gasteiger partial charge in [0.25, 0.3) is 0 Å². The van der Waals surface area contributed by atoms with Gasteiger partial charge in [-0.25, -0.2) is 0 Å². The fourth-order valence-corrected chi connectivity index (χ4v) is 3.54. The predicted molar refractivity (Wildman–Crippen MR) is 78.3 cm³/mol. The Kier molecular flexibility index (Phi) is 4.16. The average Bonchev–Trinajstić information content (AvgIpc) is 2.28. The van der Waals surface area contributed by atoms with Crippen molar-refractivity contribution in [1.29, 1.82) is 0 Å². The van der Waals surface area contributed by atoms with E-state index >= 15 is 0 Å². The quantitative estimate of drug-likeness (QED) is 0.775. The lowest BCUT2D eigenvalue weighted by molar-refractivity contribution is -0.120. The van der Waals surface area contributed by atoms with Crippen LogP contribution in [0.5, 0.6) is 0 Å². The molecule has 1 saturated carbocycles. The van der Waals surface area contributed by atoms with Gasteiger partial charge in [0.05, 0.1) is 0 Å². The summed E-state index contributed by atoms with van der Waals surface area (Å²) in [5.41, 5.74) is 1.58. The van der Waals surface area contributed by atoms with E-state index in [-0.39, 0.29) is 5.41 Å². The fraction of sp³-hybridized carbons (Fsp3) is 0.562. The Bertz CT molecular complexity index is 414. The Morgan fingerprint density at radius 2 is 1.83 bits per heavy atom. The predicted octanol–water partition coefficient (Wildman–Crippen LogP) is 4.59. The SMILES string of the molecule is CC(C)(C)c1ccc(S[C@@H]2CCCC(=O)C2)cc1. The van der Waals surface area contributed by atoms with Crippen molar-refractivity contribution in [3.63, 3.8) is 0 Å². The highest BCUT2D eigenvalue weighted by atomic mass is 32.2. The van der Waals surface area contributed by atoms with Crippen LogP contribution in [0.3, 0.4) is 0 Å². The van der Waals surface area contributed by atoms with E-state index in [1.807, 2.05) is 11.8 Å². The number of hydrogen-bond donors (Lipinski definition) is 0. The zero-order valence-corrected chi connectivity index (χ0v) is 12.3. The molecule has 0 radical (unpaired) electrons. The van der Waals surface area contributed by atoms with Crippen LogP contribution >= 0.6 is 11.8 Å². The Hall–Kier alpha value is -0.760. The first kappa shape index (κ1) is 13.7. The standard InChI is InChI=1S/C16H22OS/c1-16(2,3)12-7-9-14(10-8-12)18-15-6-4-5-13(17)11-15/h7-10,15H,4-6,11H2,1-3H3/t15-/m1/s1. The maximum absolute atomic E-state index is 11.4. The zero-order valence-electron chi connectivity index (χ0n) is 11.5. The number of carbonyl (C=O) groups excluding carboxylic acids is 1. The minimum Gasteiger partial charge on any atom is -0.300 e. The molecule has 1 aliphatic rings. The molecule has 0 saturated heterocycles. The third-order valence-corrected chi connectivity index (χ3v) is 4.74. The molecule has 0 heterocycles. The van der Waals surface area contributed by atoms with Crippen molar-refractivity contribution in [1.82, 2.24) is 0 Å². The van der Waals surface area contributed by atoms with Crippen LogP contribution in [0, 0.1) is 0 Å². The van der Waals surface area contributed by atoms with Gasteiger partial charge >= 0.3 is 0 Å². The molecular weight excluding hydrogens is 240 g/mol. The van der Waals surface area contributed by atoms with Crippen LogP contribution in [0.4, 0.5) is 0 Å². The van der Waals surface area contributed by atoms with Crippen molar-refractivity contribution in [2.45, 2.75) is 62.0 Å². The van der Waals surface area contributed by atoms with Gasteiger partial charge in [0.15, 0.2) is 0 Å². The zero-order chi connectivity index (χ0) is 13.2. The third-order valence-electron chi connectivity index (χ3n) is 3.46. The molecule has 1 nitrogen and oxygen atoms in total. The van der Waals surface area contributed by atoms with Crippen molar-refractivity contribution in [2.24, 2.45) is 0 Å². The summed E-state index contributed by atoms with van der Waals surface area (Å²) < 4.78 is 0. The van der Waals surface area contributed by atoms with Gasteiger partial charge < -0.3 is 0 Å². The van der Waals surface area contributed by atoms with E-state index in [4.69, 9.17) is 0 Å². The summed E-state index contributed by atoms with van der Waals surface area (Å²) in [4.78, 5) is 12.7. The van der Waals surface area contributed by atoms with Gasteiger partial charge in [-0.3, -0.25) is 4.79 Å². The van der Waals surface area contributed by atoms with Crippen LogP contribution in [-0.4, -0.2) is 11.0 Å². The molecule has 0 amide bonds. The van der Waals surface area contributed by atoms with E-state index in [0.717, 1.165) is 19.3 Å². The summed E-state index contributed by atoms with van der Waals surface area (Å²) >= 11 is 1.87. The first-order chi connectivity index (χ1) is 8.45. The van der Waals surface area contributed by atoms with Gasteiger partial charge in [0.1, 0.15) is 5.78 Å². The Morgan fingerprint density at radius 3 is 2.39 bits per heavy atom. The summed E-state index contributed by atoms with van der Waals surface area (Å²) in [5.74, 6) is 0.435. The molecule has 0 unspecified atom stereocenters. The smallest absolute Gasteiger partial charge is 0.134 e. The molecule has 1 aliphatic carbocycles. The van der Waals surface area contributed by atoms with E-state index in [0.29, 0.717) is 11.0 Å². The summed E-state index contributed by atoms with van der Waals surface area (Å²) in [6.45, 7) is 6.69. The average molecular weight is 262 g/mol. The molecule has 0 aliphatic heterocycles. The Morgan fingerprint density at radius 1 is 1.17 bits per heavy atom. The van der Waals surface area contributed by atoms with Crippen molar-refractivity contribution in [2.75, 3.05) is 0 Å². The molecule has 2 heteroatoms. The highest BCUT2D eigenvalue weighted by Crippen LogP contribution is 2.33. The van der Waals surface area contributed by atoms with Gasteiger partial charge in [0.2, 0.25) is 0 Å². The Labute approximate surface area is 114 Å². The van der Waals surface area contributed by atoms with E-state index in [1.54, 1.807) is 0 Å². The molecule has 1 atom stereocenters. The van der Waals surface area contributed by atoms with Crippen LogP contribution in [0.15, 0.2) is 29.2 Å². The Balaban J connectivity index is 2.00. The topological polar surface area (TPSA) is 17.1 Å². The first-order valence-electron chi connectivity index (χ1n) is 6.74. The van der Waals surface area contributed by atoms with Crippen molar-refractivity contribution < 1.29 is 4.79 Å². The number of benzene rings is 1. The number of ketones is 1. The summed E-state index contributed by atoms with van der Waals surface area (Å²) in [6.07, 6.45) is 3.79. The lowest BCUT2D eigenvalue weighted by Gasteiger charge is -2.22. The van der Waals surface area contributed by atoms with Gasteiger partial charge in [-0.05, 0) is 36.0 Å². The number of thioether (sulfide) groups is 1. The number of carbonyl (C=O) groups is 1. The largest absolute Gasteiger partial charge is 0.300 e. The van der Waals surface area contributed by atoms with Crippen LogP contribution < -0.4 is 0 Å². The molecule has 0 bridgehead atoms. The molecule has 0 aromatic heterocycles. The third kappa shape index (κ3) is 3.61. The normalized spacial score (nSPS) is 21.1. The molecule has 0 N–H and O–H groups in total. The molecule has 18 heavy (non-hydrogen) atoms. The fourth-order valence-electron chi connectivity index (χ4n) is 2.31. The van der Waals surface area contributed by atoms with E-state index < -0.39 is 0 Å². The molecule has 2 rings (SSSR count). The minimum atomic E-state index is 0.212. The number of Topliss-reactive ketones (excluding diaryl/α,β-unsaturated/α-hetero) is 1. The molecule has 1 aromatic carbocycles. The van der Waals surface area contributed by atoms with E-state index in [9.17, 15) is 4.79 Å². The second kappa shape index (κ2) is 5.48. The van der Waals surface area contributed by atoms with Gasteiger partial charge in [-0.15, -0.1) is 11.8 Å². The second-order valence-electron chi connectivity index (χ2n) is 6.15.